The first-order chi connectivity index (χ1) is 11.1. The molecule has 1 atom stereocenters. The summed E-state index contributed by atoms with van der Waals surface area (Å²) < 4.78 is 6.12. The van der Waals surface area contributed by atoms with Crippen LogP contribution in [0.25, 0.3) is 0 Å². The summed E-state index contributed by atoms with van der Waals surface area (Å²) in [4.78, 5) is 2.08. The van der Waals surface area contributed by atoms with Gasteiger partial charge >= 0.3 is 0 Å². The number of aromatic hydroxyl groups is 1. The van der Waals surface area contributed by atoms with E-state index < -0.39 is 0 Å². The summed E-state index contributed by atoms with van der Waals surface area (Å²) in [6.07, 6.45) is 0.856. The molecule has 2 N–H and O–H groups in total. The number of aliphatic hydroxyl groups excluding tert-OH is 1. The van der Waals surface area contributed by atoms with Gasteiger partial charge in [0.1, 0.15) is 17.6 Å². The number of phenolic OH excluding ortho intramolecular Hbond substituents is 1. The molecule has 0 aliphatic carbocycles. The SMILES string of the molecule is Cc1ccc(CC2CN(CCO)c3cc(O)ccc3O2)c(C)c1. The van der Waals surface area contributed by atoms with Gasteiger partial charge in [0.25, 0.3) is 0 Å². The fourth-order valence-corrected chi connectivity index (χ4v) is 3.17. The molecule has 0 saturated heterocycles. The number of hydrogen-bond acceptors (Lipinski definition) is 4. The molecule has 23 heavy (non-hydrogen) atoms. The van der Waals surface area contributed by atoms with Crippen molar-refractivity contribution in [2.24, 2.45) is 0 Å². The molecule has 1 unspecified atom stereocenters. The lowest BCUT2D eigenvalue weighted by Gasteiger charge is -2.36. The third kappa shape index (κ3) is 3.42. The minimum Gasteiger partial charge on any atom is -0.508 e. The second-order valence-electron chi connectivity index (χ2n) is 6.20. The number of hydrogen-bond donors (Lipinski definition) is 2. The van der Waals surface area contributed by atoms with E-state index in [4.69, 9.17) is 4.74 Å². The molecule has 122 valence electrons. The van der Waals surface area contributed by atoms with Gasteiger partial charge in [0.2, 0.25) is 0 Å². The summed E-state index contributed by atoms with van der Waals surface area (Å²) in [7, 11) is 0. The van der Waals surface area contributed by atoms with Crippen LogP contribution in [0.1, 0.15) is 16.7 Å². The van der Waals surface area contributed by atoms with Gasteiger partial charge in [-0.05, 0) is 37.1 Å². The Balaban J connectivity index is 1.83. The molecular weight excluding hydrogens is 290 g/mol. The summed E-state index contributed by atoms with van der Waals surface area (Å²) >= 11 is 0. The Morgan fingerprint density at radius 1 is 1.17 bits per heavy atom. The maximum Gasteiger partial charge on any atom is 0.143 e. The van der Waals surface area contributed by atoms with Crippen molar-refractivity contribution in [3.05, 3.63) is 53.1 Å². The molecule has 0 aromatic heterocycles. The smallest absolute Gasteiger partial charge is 0.143 e. The van der Waals surface area contributed by atoms with Gasteiger partial charge in [-0.1, -0.05) is 23.8 Å². The Kier molecular flexibility index (Phi) is 4.44. The molecule has 4 nitrogen and oxygen atoms in total. The molecule has 2 aromatic rings. The quantitative estimate of drug-likeness (QED) is 0.911. The van der Waals surface area contributed by atoms with E-state index in [0.717, 1.165) is 17.9 Å². The number of anilines is 1. The first-order valence-electron chi connectivity index (χ1n) is 7.98. The molecule has 1 heterocycles. The summed E-state index contributed by atoms with van der Waals surface area (Å²) in [5.74, 6) is 0.973. The number of ether oxygens (including phenoxy) is 1. The first-order valence-corrected chi connectivity index (χ1v) is 7.98. The molecule has 1 aliphatic heterocycles. The Bertz CT molecular complexity index is 699. The van der Waals surface area contributed by atoms with E-state index in [2.05, 4.69) is 36.9 Å². The number of benzene rings is 2. The van der Waals surface area contributed by atoms with E-state index >= 15 is 0 Å². The van der Waals surface area contributed by atoms with Crippen molar-refractivity contribution < 1.29 is 14.9 Å². The molecule has 0 bridgehead atoms. The molecule has 0 saturated carbocycles. The second kappa shape index (κ2) is 6.50. The molecule has 0 radical (unpaired) electrons. The minimum atomic E-state index is 0.0278. The molecule has 3 rings (SSSR count). The van der Waals surface area contributed by atoms with Crippen LogP contribution in [-0.4, -0.2) is 36.0 Å². The lowest BCUT2D eigenvalue weighted by Crippen LogP contribution is -2.42. The Labute approximate surface area is 136 Å². The van der Waals surface area contributed by atoms with Crippen LogP contribution in [0.15, 0.2) is 36.4 Å². The number of rotatable bonds is 4. The molecule has 4 heteroatoms. The van der Waals surface area contributed by atoms with Gasteiger partial charge in [0.15, 0.2) is 0 Å². The van der Waals surface area contributed by atoms with Crippen LogP contribution in [0.4, 0.5) is 5.69 Å². The number of aryl methyl sites for hydroxylation is 2. The average Bonchev–Trinajstić information content (AvgIpc) is 2.51. The van der Waals surface area contributed by atoms with Crippen LogP contribution in [0, 0.1) is 13.8 Å². The number of nitrogens with zero attached hydrogens (tertiary/aromatic N) is 1. The predicted octanol–water partition coefficient (Wildman–Crippen LogP) is 2.81. The van der Waals surface area contributed by atoms with Gasteiger partial charge in [-0.25, -0.2) is 0 Å². The highest BCUT2D eigenvalue weighted by Gasteiger charge is 2.26. The van der Waals surface area contributed by atoms with Crippen molar-refractivity contribution in [1.82, 2.24) is 0 Å². The van der Waals surface area contributed by atoms with Gasteiger partial charge in [-0.2, -0.15) is 0 Å². The maximum atomic E-state index is 9.69. The van der Waals surface area contributed by atoms with Crippen molar-refractivity contribution in [1.29, 1.82) is 0 Å². The summed E-state index contributed by atoms with van der Waals surface area (Å²) in [5, 5.41) is 19.0. The van der Waals surface area contributed by atoms with Gasteiger partial charge in [0.05, 0.1) is 18.8 Å². The highest BCUT2D eigenvalue weighted by atomic mass is 16.5. The Morgan fingerprint density at radius 2 is 2.00 bits per heavy atom. The van der Waals surface area contributed by atoms with Gasteiger partial charge in [0, 0.05) is 19.0 Å². The van der Waals surface area contributed by atoms with Crippen LogP contribution in [0.3, 0.4) is 0 Å². The van der Waals surface area contributed by atoms with E-state index in [0.29, 0.717) is 13.1 Å². The molecule has 0 amide bonds. The number of β-amino-alcohol motifs (C(OH)–C–C–N with tert-alkyl or cyclic N) is 1. The molecule has 0 spiro atoms. The monoisotopic (exact) mass is 313 g/mol. The highest BCUT2D eigenvalue weighted by Crippen LogP contribution is 2.36. The number of aliphatic hydroxyl groups is 1. The van der Waals surface area contributed by atoms with Crippen LogP contribution in [-0.2, 0) is 6.42 Å². The van der Waals surface area contributed by atoms with Crippen LogP contribution in [0.5, 0.6) is 11.5 Å². The van der Waals surface area contributed by atoms with Crippen molar-refractivity contribution in [2.45, 2.75) is 26.4 Å². The fourth-order valence-electron chi connectivity index (χ4n) is 3.17. The lowest BCUT2D eigenvalue weighted by atomic mass is 9.99. The summed E-state index contributed by atoms with van der Waals surface area (Å²) in [5.41, 5.74) is 4.67. The molecule has 2 aromatic carbocycles. The van der Waals surface area contributed by atoms with Crippen molar-refractivity contribution in [3.8, 4) is 11.5 Å². The largest absolute Gasteiger partial charge is 0.508 e. The standard InChI is InChI=1S/C19H23NO3/c1-13-3-4-15(14(2)9-13)10-17-12-20(7-8-21)18-11-16(22)5-6-19(18)23-17/h3-6,9,11,17,21-22H,7-8,10,12H2,1-2H3. The Hall–Kier alpha value is -2.20. The van der Waals surface area contributed by atoms with E-state index in [1.165, 1.54) is 16.7 Å². The van der Waals surface area contributed by atoms with Crippen molar-refractivity contribution in [2.75, 3.05) is 24.6 Å². The van der Waals surface area contributed by atoms with E-state index in [-0.39, 0.29) is 18.5 Å². The lowest BCUT2D eigenvalue weighted by molar-refractivity contribution is 0.189. The minimum absolute atomic E-state index is 0.0278. The zero-order valence-electron chi connectivity index (χ0n) is 13.6. The zero-order valence-corrected chi connectivity index (χ0v) is 13.6. The predicted molar refractivity (Wildman–Crippen MR) is 91.4 cm³/mol. The van der Waals surface area contributed by atoms with Crippen LogP contribution in [0.2, 0.25) is 0 Å². The molecule has 0 fully saturated rings. The summed E-state index contributed by atoms with van der Waals surface area (Å²) in [6.45, 7) is 5.53. The van der Waals surface area contributed by atoms with Crippen molar-refractivity contribution in [3.63, 3.8) is 0 Å². The van der Waals surface area contributed by atoms with E-state index in [1.807, 2.05) is 0 Å². The normalized spacial score (nSPS) is 16.8. The summed E-state index contributed by atoms with van der Waals surface area (Å²) in [6, 6.07) is 11.6. The van der Waals surface area contributed by atoms with E-state index in [1.54, 1.807) is 18.2 Å². The van der Waals surface area contributed by atoms with E-state index in [9.17, 15) is 10.2 Å². The molecular formula is C19H23NO3. The second-order valence-corrected chi connectivity index (χ2v) is 6.20. The maximum absolute atomic E-state index is 9.69. The third-order valence-electron chi connectivity index (χ3n) is 4.32. The van der Waals surface area contributed by atoms with Crippen LogP contribution >= 0.6 is 0 Å². The number of phenols is 1. The highest BCUT2D eigenvalue weighted by molar-refractivity contribution is 5.63. The van der Waals surface area contributed by atoms with Gasteiger partial charge in [-0.15, -0.1) is 0 Å². The van der Waals surface area contributed by atoms with Crippen LogP contribution < -0.4 is 9.64 Å². The first kappa shape index (κ1) is 15.7. The zero-order chi connectivity index (χ0) is 16.4. The van der Waals surface area contributed by atoms with Crippen molar-refractivity contribution >= 4 is 5.69 Å². The third-order valence-corrected chi connectivity index (χ3v) is 4.32. The number of fused-ring (bicyclic) bond motifs is 1. The molecule has 1 aliphatic rings. The topological polar surface area (TPSA) is 52.9 Å². The fraction of sp³-hybridized carbons (Fsp3) is 0.368. The average molecular weight is 313 g/mol. The van der Waals surface area contributed by atoms with Gasteiger partial charge < -0.3 is 19.8 Å². The van der Waals surface area contributed by atoms with Gasteiger partial charge in [-0.3, -0.25) is 0 Å². The Morgan fingerprint density at radius 3 is 2.74 bits per heavy atom.